The molecule has 0 saturated carbocycles. The van der Waals surface area contributed by atoms with Crippen LogP contribution in [-0.4, -0.2) is 43.7 Å². The van der Waals surface area contributed by atoms with Crippen LogP contribution in [0.15, 0.2) is 53.4 Å². The lowest BCUT2D eigenvalue weighted by Gasteiger charge is -2.22. The maximum atomic E-state index is 12.9. The van der Waals surface area contributed by atoms with Gasteiger partial charge in [-0.2, -0.15) is 4.31 Å². The molecule has 2 aromatic rings. The van der Waals surface area contributed by atoms with Gasteiger partial charge in [-0.15, -0.1) is 0 Å². The number of hydrogen-bond donors (Lipinski definition) is 0. The summed E-state index contributed by atoms with van der Waals surface area (Å²) in [5.41, 5.74) is 1.62. The van der Waals surface area contributed by atoms with Gasteiger partial charge in [-0.3, -0.25) is 9.59 Å². The molecule has 1 heterocycles. The van der Waals surface area contributed by atoms with Crippen LogP contribution in [0.2, 0.25) is 5.02 Å². The third-order valence-electron chi connectivity index (χ3n) is 5.34. The van der Waals surface area contributed by atoms with E-state index in [0.29, 0.717) is 23.4 Å². The largest absolute Gasteiger partial charge is 0.456 e. The number of nitrogens with zero attached hydrogens (tertiary/aromatic N) is 1. The quantitative estimate of drug-likeness (QED) is 0.410. The van der Waals surface area contributed by atoms with Gasteiger partial charge >= 0.3 is 5.97 Å². The Morgan fingerprint density at radius 3 is 2.42 bits per heavy atom. The van der Waals surface area contributed by atoms with E-state index in [2.05, 4.69) is 6.92 Å². The second-order valence-corrected chi connectivity index (χ2v) is 9.89. The molecule has 0 aliphatic carbocycles. The molecule has 0 N–H and O–H groups in total. The molecule has 1 saturated heterocycles. The number of carbonyl (C=O) groups is 2. The monoisotopic (exact) mass is 463 g/mol. The van der Waals surface area contributed by atoms with Gasteiger partial charge in [0, 0.05) is 17.1 Å². The van der Waals surface area contributed by atoms with Gasteiger partial charge in [0.2, 0.25) is 10.0 Å². The minimum atomic E-state index is -3.86. The van der Waals surface area contributed by atoms with Crippen molar-refractivity contribution in [2.75, 3.05) is 13.2 Å². The smallest absolute Gasteiger partial charge is 0.324 e. The Hall–Kier alpha value is -2.22. The maximum Gasteiger partial charge on any atom is 0.324 e. The van der Waals surface area contributed by atoms with Crippen molar-refractivity contribution in [2.45, 2.75) is 50.0 Å². The van der Waals surface area contributed by atoms with Crippen molar-refractivity contribution >= 4 is 33.4 Å². The van der Waals surface area contributed by atoms with E-state index in [1.807, 2.05) is 12.1 Å². The summed E-state index contributed by atoms with van der Waals surface area (Å²) in [7, 11) is -3.86. The number of aryl methyl sites for hydroxylation is 1. The highest BCUT2D eigenvalue weighted by atomic mass is 35.5. The minimum absolute atomic E-state index is 0.0656. The van der Waals surface area contributed by atoms with E-state index >= 15 is 0 Å². The first-order valence-corrected chi connectivity index (χ1v) is 12.2. The fourth-order valence-corrected chi connectivity index (χ4v) is 5.33. The fourth-order valence-electron chi connectivity index (χ4n) is 3.56. The number of halogens is 1. The van der Waals surface area contributed by atoms with Crippen LogP contribution < -0.4 is 0 Å². The number of carbonyl (C=O) groups excluding carboxylic acids is 2. The Labute approximate surface area is 188 Å². The van der Waals surface area contributed by atoms with Crippen molar-refractivity contribution in [1.82, 2.24) is 4.31 Å². The number of hydrogen-bond acceptors (Lipinski definition) is 5. The van der Waals surface area contributed by atoms with Crippen molar-refractivity contribution < 1.29 is 22.7 Å². The van der Waals surface area contributed by atoms with Gasteiger partial charge < -0.3 is 4.74 Å². The van der Waals surface area contributed by atoms with Crippen LogP contribution in [0.25, 0.3) is 0 Å². The van der Waals surface area contributed by atoms with Gasteiger partial charge in [0.15, 0.2) is 12.4 Å². The minimum Gasteiger partial charge on any atom is -0.456 e. The molecular weight excluding hydrogens is 438 g/mol. The predicted octanol–water partition coefficient (Wildman–Crippen LogP) is 4.26. The standard InChI is InChI=1S/C23H26ClNO5S/c1-2-3-5-17-7-9-18(10-8-17)22(26)16-30-23(27)21-6-4-15-25(21)31(28,29)20-13-11-19(24)12-14-20/h7-14,21H,2-6,15-16H2,1H3/t21-/m0/s1. The molecule has 6 nitrogen and oxygen atoms in total. The van der Waals surface area contributed by atoms with Crippen molar-refractivity contribution in [1.29, 1.82) is 0 Å². The average Bonchev–Trinajstić information content (AvgIpc) is 3.27. The Morgan fingerprint density at radius 1 is 1.10 bits per heavy atom. The van der Waals surface area contributed by atoms with Crippen molar-refractivity contribution in [3.63, 3.8) is 0 Å². The number of sulfonamides is 1. The molecule has 0 bridgehead atoms. The normalized spacial score (nSPS) is 16.9. The number of Topliss-reactive ketones (excluding diaryl/α,β-unsaturated/α-hetero) is 1. The molecule has 1 aliphatic rings. The number of benzene rings is 2. The van der Waals surface area contributed by atoms with Gasteiger partial charge in [-0.25, -0.2) is 8.42 Å². The number of ketones is 1. The molecule has 0 aromatic heterocycles. The second kappa shape index (κ2) is 10.4. The molecule has 8 heteroatoms. The summed E-state index contributed by atoms with van der Waals surface area (Å²) in [6, 6.07) is 12.1. The predicted molar refractivity (Wildman–Crippen MR) is 119 cm³/mol. The number of esters is 1. The highest BCUT2D eigenvalue weighted by Gasteiger charge is 2.40. The highest BCUT2D eigenvalue weighted by molar-refractivity contribution is 7.89. The molecule has 0 amide bonds. The fraction of sp³-hybridized carbons (Fsp3) is 0.391. The molecule has 1 fully saturated rings. The molecule has 166 valence electrons. The molecular formula is C23H26ClNO5S. The first-order chi connectivity index (χ1) is 14.8. The van der Waals surface area contributed by atoms with Gasteiger partial charge in [0.1, 0.15) is 6.04 Å². The number of ether oxygens (including phenoxy) is 1. The van der Waals surface area contributed by atoms with Crippen LogP contribution in [0.3, 0.4) is 0 Å². The Kier molecular flexibility index (Phi) is 7.86. The molecule has 0 unspecified atom stereocenters. The van der Waals surface area contributed by atoms with E-state index in [4.69, 9.17) is 16.3 Å². The zero-order valence-corrected chi connectivity index (χ0v) is 19.0. The van der Waals surface area contributed by atoms with Gasteiger partial charge in [0.25, 0.3) is 0 Å². The Morgan fingerprint density at radius 2 is 1.77 bits per heavy atom. The van der Waals surface area contributed by atoms with Crippen LogP contribution in [-0.2, 0) is 26.0 Å². The van der Waals surface area contributed by atoms with Crippen molar-refractivity contribution in [2.24, 2.45) is 0 Å². The maximum absolute atomic E-state index is 12.9. The SMILES string of the molecule is CCCCc1ccc(C(=O)COC(=O)[C@@H]2CCCN2S(=O)(=O)c2ccc(Cl)cc2)cc1. The summed E-state index contributed by atoms with van der Waals surface area (Å²) < 4.78 is 32.2. The zero-order chi connectivity index (χ0) is 22.4. The average molecular weight is 464 g/mol. The van der Waals surface area contributed by atoms with Gasteiger partial charge in [-0.1, -0.05) is 49.2 Å². The summed E-state index contributed by atoms with van der Waals surface area (Å²) in [5, 5.41) is 0.424. The summed E-state index contributed by atoms with van der Waals surface area (Å²) in [6.45, 7) is 1.93. The topological polar surface area (TPSA) is 80.8 Å². The Bertz CT molecular complexity index is 1020. The lowest BCUT2D eigenvalue weighted by atomic mass is 10.0. The first-order valence-electron chi connectivity index (χ1n) is 10.4. The molecule has 1 atom stereocenters. The van der Waals surface area contributed by atoms with E-state index < -0.39 is 28.6 Å². The lowest BCUT2D eigenvalue weighted by Crippen LogP contribution is -2.41. The Balaban J connectivity index is 1.61. The van der Waals surface area contributed by atoms with E-state index in [0.717, 1.165) is 29.1 Å². The summed E-state index contributed by atoms with van der Waals surface area (Å²) >= 11 is 5.84. The van der Waals surface area contributed by atoms with E-state index in [9.17, 15) is 18.0 Å². The molecule has 31 heavy (non-hydrogen) atoms. The van der Waals surface area contributed by atoms with Crippen LogP contribution in [0.1, 0.15) is 48.5 Å². The van der Waals surface area contributed by atoms with Crippen LogP contribution in [0, 0.1) is 0 Å². The summed E-state index contributed by atoms with van der Waals surface area (Å²) in [4.78, 5) is 25.1. The van der Waals surface area contributed by atoms with Crippen LogP contribution in [0.4, 0.5) is 0 Å². The molecule has 2 aromatic carbocycles. The van der Waals surface area contributed by atoms with Crippen LogP contribution in [0.5, 0.6) is 0 Å². The third-order valence-corrected chi connectivity index (χ3v) is 7.51. The second-order valence-electron chi connectivity index (χ2n) is 7.56. The summed E-state index contributed by atoms with van der Waals surface area (Å²) in [6.07, 6.45) is 4.04. The number of rotatable bonds is 9. The molecule has 3 rings (SSSR count). The summed E-state index contributed by atoms with van der Waals surface area (Å²) in [5.74, 6) is -1.02. The van der Waals surface area contributed by atoms with E-state index in [1.54, 1.807) is 12.1 Å². The molecule has 1 aliphatic heterocycles. The third kappa shape index (κ3) is 5.73. The lowest BCUT2D eigenvalue weighted by molar-refractivity contribution is -0.146. The van der Waals surface area contributed by atoms with E-state index in [1.165, 1.54) is 24.3 Å². The van der Waals surface area contributed by atoms with Crippen molar-refractivity contribution in [3.05, 3.63) is 64.7 Å². The highest BCUT2D eigenvalue weighted by Crippen LogP contribution is 2.27. The zero-order valence-electron chi connectivity index (χ0n) is 17.4. The number of unbranched alkanes of at least 4 members (excludes halogenated alkanes) is 1. The van der Waals surface area contributed by atoms with Crippen molar-refractivity contribution in [3.8, 4) is 0 Å². The molecule has 0 radical (unpaired) electrons. The molecule has 0 spiro atoms. The van der Waals surface area contributed by atoms with Gasteiger partial charge in [0.05, 0.1) is 4.90 Å². The van der Waals surface area contributed by atoms with Crippen LogP contribution >= 0.6 is 11.6 Å². The van der Waals surface area contributed by atoms with Gasteiger partial charge in [-0.05, 0) is 55.5 Å². The van der Waals surface area contributed by atoms with E-state index in [-0.39, 0.29) is 17.2 Å². The first kappa shape index (κ1) is 23.4.